The van der Waals surface area contributed by atoms with Crippen molar-refractivity contribution in [3.63, 3.8) is 0 Å². The van der Waals surface area contributed by atoms with Gasteiger partial charge in [-0.15, -0.1) is 11.6 Å². The van der Waals surface area contributed by atoms with E-state index in [-0.39, 0.29) is 32.8 Å². The molecule has 36 heavy (non-hydrogen) atoms. The van der Waals surface area contributed by atoms with Crippen LogP contribution >= 0.6 is 0 Å². The summed E-state index contributed by atoms with van der Waals surface area (Å²) in [6, 6.07) is 13.6. The molecule has 0 saturated carbocycles. The third kappa shape index (κ3) is 3.60. The van der Waals surface area contributed by atoms with Crippen molar-refractivity contribution in [3.05, 3.63) is 88.8 Å². The van der Waals surface area contributed by atoms with Gasteiger partial charge < -0.3 is 19.0 Å². The molecule has 8 bridgehead atoms. The fourth-order valence-corrected chi connectivity index (χ4v) is 4.22. The second-order valence-electron chi connectivity index (χ2n) is 10.3. The minimum atomic E-state index is -0.620. The summed E-state index contributed by atoms with van der Waals surface area (Å²) in [5.74, 6) is 1.52. The maximum Gasteiger partial charge on any atom is 2.00 e. The maximum atomic E-state index is 9.88. The molecular weight excluding hydrogens is 631 g/mol. The summed E-state index contributed by atoms with van der Waals surface area (Å²) in [6.07, 6.45) is 6.63. The Bertz CT molecular complexity index is 1440. The molecule has 0 unspecified atom stereocenters. The minimum Gasteiger partial charge on any atom is -0.438 e. The van der Waals surface area contributed by atoms with Gasteiger partial charge in [-0.2, -0.15) is 0 Å². The fourth-order valence-electron chi connectivity index (χ4n) is 4.22. The smallest absolute Gasteiger partial charge is 0.438 e. The van der Waals surface area contributed by atoms with Gasteiger partial charge in [0.05, 0.1) is 17.6 Å². The van der Waals surface area contributed by atoms with Gasteiger partial charge in [0.25, 0.3) is 0 Å². The molecule has 5 heterocycles. The van der Waals surface area contributed by atoms with E-state index < -0.39 is 16.2 Å². The summed E-state index contributed by atoms with van der Waals surface area (Å²) >= 11 is 0. The largest absolute Gasteiger partial charge is 2.00 e. The fraction of sp³-hybridized carbons (Fsp3) is 0.333. The first-order valence-corrected chi connectivity index (χ1v) is 11.3. The summed E-state index contributed by atoms with van der Waals surface area (Å²) in [7, 11) is 0. The van der Waals surface area contributed by atoms with Crippen molar-refractivity contribution in [2.45, 2.75) is 57.8 Å². The van der Waals surface area contributed by atoms with Crippen molar-refractivity contribution in [2.75, 3.05) is 0 Å². The Hall–Kier alpha value is -3.61. The molecule has 4 aromatic rings. The first-order valence-electron chi connectivity index (χ1n) is 11.3. The summed E-state index contributed by atoms with van der Waals surface area (Å²) in [5, 5.41) is 9.88. The van der Waals surface area contributed by atoms with E-state index in [1.165, 1.54) is 0 Å². The second kappa shape index (κ2) is 8.50. The molecule has 0 atom stereocenters. The molecule has 0 spiro atoms. The third-order valence-electron chi connectivity index (χ3n) is 7.43. The zero-order chi connectivity index (χ0) is 25.2. The number of nitrogens with zero attached hydrogens (tertiary/aromatic N) is 8. The van der Waals surface area contributed by atoms with Gasteiger partial charge in [0.1, 0.15) is 5.82 Å². The van der Waals surface area contributed by atoms with Crippen LogP contribution in [-0.2, 0) is 37.3 Å². The minimum absolute atomic E-state index is 0. The molecule has 0 fully saturated rings. The molecule has 9 heteroatoms. The number of hydrogen-bond acceptors (Lipinski definition) is 5. The van der Waals surface area contributed by atoms with Crippen molar-refractivity contribution in [1.82, 2.24) is 29.1 Å². The number of imidazole rings is 2. The predicted octanol–water partition coefficient (Wildman–Crippen LogP) is 4.76. The first kappa shape index (κ1) is 25.5. The number of pyridine rings is 2. The van der Waals surface area contributed by atoms with E-state index in [9.17, 15) is 5.26 Å². The summed E-state index contributed by atoms with van der Waals surface area (Å²) < 4.78 is 3.23. The van der Waals surface area contributed by atoms with Gasteiger partial charge in [-0.1, -0.05) is 58.2 Å². The molecule has 5 rings (SSSR count). The van der Waals surface area contributed by atoms with E-state index in [0.717, 1.165) is 11.4 Å². The first-order chi connectivity index (χ1) is 16.5. The maximum absolute atomic E-state index is 9.88. The number of nitriles is 1. The van der Waals surface area contributed by atoms with Gasteiger partial charge in [-0.05, 0) is 31.7 Å². The summed E-state index contributed by atoms with van der Waals surface area (Å²) in [4.78, 5) is 22.8. The molecule has 0 radical (unpaired) electrons. The zero-order valence-corrected chi connectivity index (χ0v) is 23.1. The number of aromatic nitrogens is 6. The Morgan fingerprint density at radius 2 is 1.31 bits per heavy atom. The Morgan fingerprint density at radius 3 is 1.83 bits per heavy atom. The normalized spacial score (nSPS) is 16.4. The predicted molar refractivity (Wildman–Crippen MR) is 130 cm³/mol. The second-order valence-corrected chi connectivity index (χ2v) is 10.3. The van der Waals surface area contributed by atoms with Gasteiger partial charge in [-0.25, -0.2) is 5.26 Å². The molecule has 1 aliphatic heterocycles. The summed E-state index contributed by atoms with van der Waals surface area (Å²) in [6.45, 7) is 20.0. The van der Waals surface area contributed by atoms with Crippen LogP contribution in [0.4, 0.5) is 5.95 Å². The van der Waals surface area contributed by atoms with Crippen LogP contribution in [0.25, 0.3) is 16.5 Å². The van der Waals surface area contributed by atoms with E-state index in [1.54, 1.807) is 9.13 Å². The Morgan fingerprint density at radius 1 is 0.806 bits per heavy atom. The molecular formula is C27H24N8Pt. The van der Waals surface area contributed by atoms with E-state index in [4.69, 9.17) is 16.5 Å². The van der Waals surface area contributed by atoms with Gasteiger partial charge in [0, 0.05) is 39.6 Å². The topological polar surface area (TPSA) is 89.6 Å². The van der Waals surface area contributed by atoms with Crippen LogP contribution in [0.3, 0.4) is 0 Å². The number of hydrogen-bond donors (Lipinski definition) is 0. The monoisotopic (exact) mass is 655 g/mol. The molecule has 0 aliphatic carbocycles. The SMILES string of the molecule is [C-]#[N+]c1nc2[c-]n1-c1cccc(n1)C(C)(C)c1cccc(n1)-n1[c-]c(nc1C#N)C(C)(C)C2(C)C.[Pt+2]. The molecule has 0 saturated heterocycles. The van der Waals surface area contributed by atoms with Gasteiger partial charge in [0.2, 0.25) is 0 Å². The van der Waals surface area contributed by atoms with Gasteiger partial charge in [-0.3, -0.25) is 9.97 Å². The Kier molecular flexibility index (Phi) is 6.02. The van der Waals surface area contributed by atoms with Crippen LogP contribution in [-0.4, -0.2) is 29.1 Å². The van der Waals surface area contributed by atoms with Gasteiger partial charge >= 0.3 is 27.0 Å². The van der Waals surface area contributed by atoms with E-state index >= 15 is 0 Å². The van der Waals surface area contributed by atoms with Crippen molar-refractivity contribution >= 4 is 5.95 Å². The van der Waals surface area contributed by atoms with Crippen LogP contribution in [0.5, 0.6) is 0 Å². The van der Waals surface area contributed by atoms with Crippen LogP contribution in [0.15, 0.2) is 36.4 Å². The molecule has 0 aromatic carbocycles. The summed E-state index contributed by atoms with van der Waals surface area (Å²) in [5.41, 5.74) is 0.966. The van der Waals surface area contributed by atoms with Crippen molar-refractivity contribution in [1.29, 1.82) is 5.26 Å². The van der Waals surface area contributed by atoms with Crippen molar-refractivity contribution in [3.8, 4) is 17.7 Å². The van der Waals surface area contributed by atoms with E-state index in [1.807, 2.05) is 77.9 Å². The van der Waals surface area contributed by atoms with Crippen LogP contribution in [0.2, 0.25) is 0 Å². The van der Waals surface area contributed by atoms with Crippen molar-refractivity contribution in [2.24, 2.45) is 0 Å². The molecule has 8 nitrogen and oxygen atoms in total. The van der Waals surface area contributed by atoms with Crippen molar-refractivity contribution < 1.29 is 21.1 Å². The standard InChI is InChI=1S/C27H24N8.Pt/c1-25(2)17-10-8-12-21(30-17)34-15-19(32-23(34)14-28)26(3,4)27(5,6)20-16-35(24(29-7)33-20)22-13-9-11-18(25)31-22;/h8-13H,1-6H3;/q-2;+2. The number of rotatable bonds is 0. The van der Waals surface area contributed by atoms with Crippen LogP contribution < -0.4 is 0 Å². The molecule has 0 amide bonds. The molecule has 182 valence electrons. The van der Waals surface area contributed by atoms with E-state index in [2.05, 4.69) is 33.3 Å². The van der Waals surface area contributed by atoms with Crippen LogP contribution in [0.1, 0.15) is 70.1 Å². The average Bonchev–Trinajstić information content (AvgIpc) is 3.49. The number of fused-ring (bicyclic) bond motifs is 10. The molecule has 0 N–H and O–H groups in total. The average molecular weight is 656 g/mol. The zero-order valence-electron chi connectivity index (χ0n) is 20.9. The van der Waals surface area contributed by atoms with Crippen LogP contribution in [0, 0.1) is 30.3 Å². The quantitative estimate of drug-likeness (QED) is 0.255. The Balaban J connectivity index is 0.00000304. The molecule has 4 aromatic heterocycles. The van der Waals surface area contributed by atoms with Gasteiger partial charge in [0.15, 0.2) is 0 Å². The Labute approximate surface area is 225 Å². The molecule has 1 aliphatic rings. The van der Waals surface area contributed by atoms with E-state index in [0.29, 0.717) is 23.0 Å². The third-order valence-corrected chi connectivity index (χ3v) is 7.43.